The number of methoxy groups -OCH3 is 2. The first-order chi connectivity index (χ1) is 12.5. The van der Waals surface area contributed by atoms with Crippen molar-refractivity contribution < 1.29 is 24.2 Å². The fraction of sp³-hybridized carbons (Fsp3) is 0.412. The molecular weight excluding hydrogens is 397 g/mol. The molecule has 1 heterocycles. The number of carboxylic acid groups (broad SMARTS) is 1. The number of carbonyl (C=O) groups excluding carboxylic acids is 1. The van der Waals surface area contributed by atoms with Crippen LogP contribution >= 0.6 is 23.2 Å². The normalized spacial score (nSPS) is 18.7. The van der Waals surface area contributed by atoms with E-state index >= 15 is 0 Å². The number of carbonyl (C=O) groups is 2. The summed E-state index contributed by atoms with van der Waals surface area (Å²) in [5.41, 5.74) is 4.95. The van der Waals surface area contributed by atoms with Crippen molar-refractivity contribution >= 4 is 35.0 Å². The van der Waals surface area contributed by atoms with Crippen molar-refractivity contribution in [1.82, 2.24) is 9.97 Å². The van der Waals surface area contributed by atoms with Crippen molar-refractivity contribution in [3.8, 4) is 11.8 Å². The number of hydrogen-bond donors (Lipinski definition) is 2. The second-order valence-electron chi connectivity index (χ2n) is 5.85. The van der Waals surface area contributed by atoms with E-state index in [1.165, 1.54) is 32.4 Å². The van der Waals surface area contributed by atoms with Crippen molar-refractivity contribution in [1.29, 1.82) is 0 Å². The Hall–Kier alpha value is -2.16. The van der Waals surface area contributed by atoms with Crippen LogP contribution in [0.3, 0.4) is 0 Å². The van der Waals surface area contributed by atoms with Gasteiger partial charge < -0.3 is 20.3 Å². The molecule has 1 aromatic heterocycles. The molecular formula is C17H21Cl2N3O5. The monoisotopic (exact) mass is 417 g/mol. The van der Waals surface area contributed by atoms with Crippen LogP contribution in [-0.4, -0.2) is 52.0 Å². The Bertz CT molecular complexity index is 755. The van der Waals surface area contributed by atoms with E-state index in [1.807, 2.05) is 13.8 Å². The van der Waals surface area contributed by atoms with Gasteiger partial charge in [-0.1, -0.05) is 31.5 Å². The SMILES string of the molecule is CC(C)N.COc1cc(OC)nc(C(=O)C2(Cl)C=CC(Cl)=C(C(=O)O)C2)n1. The van der Waals surface area contributed by atoms with Crippen molar-refractivity contribution in [3.05, 3.63) is 34.6 Å². The first-order valence-corrected chi connectivity index (χ1v) is 8.57. The van der Waals surface area contributed by atoms with Gasteiger partial charge in [0.05, 0.1) is 30.9 Å². The van der Waals surface area contributed by atoms with Crippen LogP contribution in [0.4, 0.5) is 0 Å². The molecule has 0 saturated carbocycles. The van der Waals surface area contributed by atoms with Crippen LogP contribution in [0.15, 0.2) is 28.8 Å². The molecule has 1 aromatic rings. The quantitative estimate of drug-likeness (QED) is 0.552. The minimum atomic E-state index is -1.65. The number of alkyl halides is 1. The zero-order chi connectivity index (χ0) is 20.8. The number of nitrogens with two attached hydrogens (primary N) is 1. The van der Waals surface area contributed by atoms with E-state index in [0.29, 0.717) is 6.04 Å². The van der Waals surface area contributed by atoms with Crippen molar-refractivity contribution in [2.75, 3.05) is 14.2 Å². The summed E-state index contributed by atoms with van der Waals surface area (Å²) >= 11 is 12.1. The number of allylic oxidation sites excluding steroid dienone is 3. The Kier molecular flexibility index (Phi) is 8.20. The standard InChI is InChI=1S/C14H12Cl2N2O5.C3H9N/c1-22-9-5-10(23-2)18-12(17-9)11(19)14(16)4-3-8(15)7(6-14)13(20)21;1-3(2)4/h3-5H,6H2,1-2H3,(H,20,21);3H,4H2,1-2H3. The molecule has 0 spiro atoms. The summed E-state index contributed by atoms with van der Waals surface area (Å²) in [5, 5.41) is 9.16. The molecule has 0 radical (unpaired) electrons. The van der Waals surface area contributed by atoms with Gasteiger partial charge in [0, 0.05) is 6.42 Å². The van der Waals surface area contributed by atoms with Gasteiger partial charge in [-0.3, -0.25) is 4.79 Å². The first-order valence-electron chi connectivity index (χ1n) is 7.81. The van der Waals surface area contributed by atoms with Gasteiger partial charge in [0.15, 0.2) is 0 Å². The third-order valence-electron chi connectivity index (χ3n) is 3.15. The summed E-state index contributed by atoms with van der Waals surface area (Å²) in [7, 11) is 2.75. The Morgan fingerprint density at radius 3 is 2.15 bits per heavy atom. The molecule has 27 heavy (non-hydrogen) atoms. The largest absolute Gasteiger partial charge is 0.481 e. The van der Waals surface area contributed by atoms with Crippen LogP contribution in [0, 0.1) is 0 Å². The average molecular weight is 418 g/mol. The van der Waals surface area contributed by atoms with E-state index in [0.717, 1.165) is 0 Å². The number of rotatable bonds is 5. The van der Waals surface area contributed by atoms with E-state index in [4.69, 9.17) is 43.5 Å². The number of carboxylic acids is 1. The summed E-state index contributed by atoms with van der Waals surface area (Å²) in [6.07, 6.45) is 2.30. The van der Waals surface area contributed by atoms with E-state index in [1.54, 1.807) is 0 Å². The molecule has 1 aliphatic carbocycles. The molecule has 1 aliphatic rings. The summed E-state index contributed by atoms with van der Waals surface area (Å²) < 4.78 is 9.95. The lowest BCUT2D eigenvalue weighted by molar-refractivity contribution is -0.132. The Balaban J connectivity index is 0.000000828. The second-order valence-corrected chi connectivity index (χ2v) is 6.94. The van der Waals surface area contributed by atoms with Gasteiger partial charge in [-0.25, -0.2) is 4.79 Å². The highest BCUT2D eigenvalue weighted by Crippen LogP contribution is 2.36. The number of halogens is 2. The molecule has 148 valence electrons. The van der Waals surface area contributed by atoms with Gasteiger partial charge in [0.25, 0.3) is 0 Å². The smallest absolute Gasteiger partial charge is 0.333 e. The number of aromatic nitrogens is 2. The zero-order valence-corrected chi connectivity index (χ0v) is 16.8. The number of aliphatic carboxylic acids is 1. The van der Waals surface area contributed by atoms with E-state index in [9.17, 15) is 9.59 Å². The Labute approximate surface area is 167 Å². The van der Waals surface area contributed by atoms with Crippen LogP contribution in [-0.2, 0) is 4.79 Å². The molecule has 0 fully saturated rings. The lowest BCUT2D eigenvalue weighted by Crippen LogP contribution is -2.35. The first kappa shape index (κ1) is 22.9. The molecule has 10 heteroatoms. The second kappa shape index (κ2) is 9.68. The molecule has 3 N–H and O–H groups in total. The molecule has 8 nitrogen and oxygen atoms in total. The maximum atomic E-state index is 12.7. The highest BCUT2D eigenvalue weighted by Gasteiger charge is 2.41. The summed E-state index contributed by atoms with van der Waals surface area (Å²) in [6, 6.07) is 1.73. The van der Waals surface area contributed by atoms with Gasteiger partial charge in [-0.05, 0) is 12.1 Å². The molecule has 2 rings (SSSR count). The summed E-state index contributed by atoms with van der Waals surface area (Å²) in [6.45, 7) is 3.89. The van der Waals surface area contributed by atoms with Gasteiger partial charge in [0.1, 0.15) is 4.87 Å². The topological polar surface area (TPSA) is 125 Å². The van der Waals surface area contributed by atoms with E-state index in [-0.39, 0.29) is 34.6 Å². The predicted octanol–water partition coefficient (Wildman–Crippen LogP) is 2.54. The Morgan fingerprint density at radius 1 is 1.26 bits per heavy atom. The highest BCUT2D eigenvalue weighted by molar-refractivity contribution is 6.41. The van der Waals surface area contributed by atoms with Crippen LogP contribution < -0.4 is 15.2 Å². The van der Waals surface area contributed by atoms with Crippen LogP contribution in [0.1, 0.15) is 30.9 Å². The lowest BCUT2D eigenvalue weighted by atomic mass is 9.89. The Morgan fingerprint density at radius 2 is 1.74 bits per heavy atom. The minimum absolute atomic E-state index is 0.0192. The minimum Gasteiger partial charge on any atom is -0.481 e. The maximum Gasteiger partial charge on any atom is 0.333 e. The number of ether oxygens (including phenoxy) is 2. The third-order valence-corrected chi connectivity index (χ3v) is 3.94. The molecule has 0 aliphatic heterocycles. The van der Waals surface area contributed by atoms with Gasteiger partial charge in [0.2, 0.25) is 23.4 Å². The lowest BCUT2D eigenvalue weighted by Gasteiger charge is -2.25. The maximum absolute atomic E-state index is 12.7. The summed E-state index contributed by atoms with van der Waals surface area (Å²) in [4.78, 5) is 30.1. The molecule has 0 amide bonds. The molecule has 1 atom stereocenters. The third kappa shape index (κ3) is 6.20. The fourth-order valence-corrected chi connectivity index (χ4v) is 2.43. The number of nitrogens with zero attached hydrogens (tertiary/aromatic N) is 2. The molecule has 1 unspecified atom stereocenters. The van der Waals surface area contributed by atoms with Crippen LogP contribution in [0.25, 0.3) is 0 Å². The zero-order valence-electron chi connectivity index (χ0n) is 15.3. The predicted molar refractivity (Wildman–Crippen MR) is 102 cm³/mol. The number of Topliss-reactive ketones (excluding diaryl/α,β-unsaturated/α-hetero) is 1. The van der Waals surface area contributed by atoms with Crippen molar-refractivity contribution in [2.24, 2.45) is 5.73 Å². The van der Waals surface area contributed by atoms with Crippen molar-refractivity contribution in [2.45, 2.75) is 31.2 Å². The highest BCUT2D eigenvalue weighted by atomic mass is 35.5. The number of ketones is 1. The van der Waals surface area contributed by atoms with E-state index in [2.05, 4.69) is 9.97 Å². The fourth-order valence-electron chi connectivity index (χ4n) is 1.94. The van der Waals surface area contributed by atoms with Crippen LogP contribution in [0.2, 0.25) is 0 Å². The molecule has 0 saturated heterocycles. The van der Waals surface area contributed by atoms with Gasteiger partial charge >= 0.3 is 5.97 Å². The summed E-state index contributed by atoms with van der Waals surface area (Å²) in [5.74, 6) is -1.94. The van der Waals surface area contributed by atoms with Crippen LogP contribution in [0.5, 0.6) is 11.8 Å². The molecule has 0 aromatic carbocycles. The van der Waals surface area contributed by atoms with Gasteiger partial charge in [-0.2, -0.15) is 9.97 Å². The van der Waals surface area contributed by atoms with Crippen molar-refractivity contribution in [3.63, 3.8) is 0 Å². The van der Waals surface area contributed by atoms with E-state index < -0.39 is 16.6 Å². The average Bonchev–Trinajstić information content (AvgIpc) is 2.62. The van der Waals surface area contributed by atoms with Gasteiger partial charge in [-0.15, -0.1) is 11.6 Å². The molecule has 0 bridgehead atoms. The number of hydrogen-bond acceptors (Lipinski definition) is 7.